The largest absolute Gasteiger partial charge is 0.0591 e. The molecule has 0 atom stereocenters. The molecule has 0 radical (unpaired) electrons. The lowest BCUT2D eigenvalue weighted by atomic mass is 9.71. The van der Waals surface area contributed by atoms with Crippen LogP contribution >= 0.6 is 0 Å². The zero-order valence-electron chi connectivity index (χ0n) is 14.8. The molecule has 0 aromatic heterocycles. The van der Waals surface area contributed by atoms with Crippen molar-refractivity contribution in [2.24, 2.45) is 33.5 Å². The van der Waals surface area contributed by atoms with Crippen molar-refractivity contribution >= 4 is 0 Å². The van der Waals surface area contributed by atoms with Gasteiger partial charge in [0.15, 0.2) is 0 Å². The van der Waals surface area contributed by atoms with E-state index < -0.39 is 0 Å². The first-order chi connectivity index (χ1) is 9.12. The van der Waals surface area contributed by atoms with Gasteiger partial charge in [-0.3, -0.25) is 0 Å². The van der Waals surface area contributed by atoms with Crippen LogP contribution in [0.2, 0.25) is 0 Å². The van der Waals surface area contributed by atoms with Crippen LogP contribution in [0, 0.1) is 33.5 Å². The highest BCUT2D eigenvalue weighted by molar-refractivity contribution is 5.06. The Balaban J connectivity index is 0.000000121. The van der Waals surface area contributed by atoms with Crippen LogP contribution in [0.25, 0.3) is 0 Å². The van der Waals surface area contributed by atoms with E-state index in [0.717, 1.165) is 11.8 Å². The van der Waals surface area contributed by atoms with Gasteiger partial charge in [-0.05, 0) is 84.9 Å². The summed E-state index contributed by atoms with van der Waals surface area (Å²) < 4.78 is 0. The minimum atomic E-state index is 0.660. The van der Waals surface area contributed by atoms with Gasteiger partial charge >= 0.3 is 0 Å². The third-order valence-corrected chi connectivity index (χ3v) is 9.33. The highest BCUT2D eigenvalue weighted by atomic mass is 14.6. The van der Waals surface area contributed by atoms with Crippen LogP contribution in [-0.2, 0) is 0 Å². The summed E-state index contributed by atoms with van der Waals surface area (Å²) in [5.74, 6) is 2.11. The minimum absolute atomic E-state index is 0.660. The maximum Gasteiger partial charge on any atom is -0.0272 e. The molecule has 0 heterocycles. The van der Waals surface area contributed by atoms with Gasteiger partial charge in [-0.25, -0.2) is 0 Å². The normalized spacial score (nSPS) is 50.1. The van der Waals surface area contributed by atoms with E-state index in [1.54, 1.807) is 0 Å². The minimum Gasteiger partial charge on any atom is -0.0591 e. The highest BCUT2D eigenvalue weighted by Crippen LogP contribution is 2.66. The Labute approximate surface area is 127 Å². The predicted octanol–water partition coefficient (Wildman–Crippen LogP) is 6.45. The van der Waals surface area contributed by atoms with Crippen molar-refractivity contribution in [1.82, 2.24) is 0 Å². The summed E-state index contributed by atoms with van der Waals surface area (Å²) in [6, 6.07) is 0. The zero-order chi connectivity index (χ0) is 14.8. The van der Waals surface area contributed by atoms with Crippen molar-refractivity contribution in [1.29, 1.82) is 0 Å². The van der Waals surface area contributed by atoms with E-state index in [-0.39, 0.29) is 0 Å². The molecule has 0 aromatic carbocycles. The van der Waals surface area contributed by atoms with E-state index in [2.05, 4.69) is 41.5 Å². The van der Waals surface area contributed by atoms with Crippen molar-refractivity contribution in [3.63, 3.8) is 0 Å². The smallest absolute Gasteiger partial charge is 0.0272 e. The van der Waals surface area contributed by atoms with E-state index in [9.17, 15) is 0 Å². The molecule has 0 spiro atoms. The molecule has 4 aliphatic rings. The number of rotatable bonds is 0. The maximum absolute atomic E-state index is 2.49. The molecule has 0 unspecified atom stereocenters. The average Bonchev–Trinajstić information content (AvgIpc) is 2.91. The van der Waals surface area contributed by atoms with Crippen LogP contribution in [-0.4, -0.2) is 0 Å². The third kappa shape index (κ3) is 1.78. The second-order valence-electron chi connectivity index (χ2n) is 10.1. The molecule has 116 valence electrons. The van der Waals surface area contributed by atoms with Gasteiger partial charge in [-0.15, -0.1) is 0 Å². The Morgan fingerprint density at radius 3 is 0.800 bits per heavy atom. The Kier molecular flexibility index (Phi) is 3.18. The summed E-state index contributed by atoms with van der Waals surface area (Å²) in [4.78, 5) is 0. The van der Waals surface area contributed by atoms with Crippen LogP contribution in [0.1, 0.15) is 92.9 Å². The monoisotopic (exact) mass is 276 g/mol. The van der Waals surface area contributed by atoms with Crippen LogP contribution in [0.4, 0.5) is 0 Å². The Hall–Kier alpha value is 0. The summed E-state index contributed by atoms with van der Waals surface area (Å²) in [5, 5.41) is 0. The molecule has 4 rings (SSSR count). The molecule has 0 aliphatic heterocycles. The fourth-order valence-electron chi connectivity index (χ4n) is 6.23. The first kappa shape index (κ1) is 14.9. The second-order valence-corrected chi connectivity index (χ2v) is 10.1. The first-order valence-corrected chi connectivity index (χ1v) is 9.12. The molecule has 0 nitrogen and oxygen atoms in total. The molecule has 0 saturated heterocycles. The van der Waals surface area contributed by atoms with E-state index in [1.165, 1.54) is 51.4 Å². The van der Waals surface area contributed by atoms with Crippen LogP contribution in [0.3, 0.4) is 0 Å². The zero-order valence-corrected chi connectivity index (χ0v) is 14.8. The standard InChI is InChI=1S/2C10H18/c2*1-9(2)8-4-6-10(9,3)7-5-8/h2*8H,4-7H2,1-3H3. The van der Waals surface area contributed by atoms with E-state index in [4.69, 9.17) is 0 Å². The fourth-order valence-corrected chi connectivity index (χ4v) is 6.23. The third-order valence-electron chi connectivity index (χ3n) is 9.33. The van der Waals surface area contributed by atoms with Gasteiger partial charge in [0.2, 0.25) is 0 Å². The van der Waals surface area contributed by atoms with Gasteiger partial charge in [-0.2, -0.15) is 0 Å². The fraction of sp³-hybridized carbons (Fsp3) is 1.00. The molecule has 4 aliphatic carbocycles. The summed E-state index contributed by atoms with van der Waals surface area (Å²) in [5.41, 5.74) is 2.73. The summed E-state index contributed by atoms with van der Waals surface area (Å²) >= 11 is 0. The molecular formula is C20H36. The molecular weight excluding hydrogens is 240 g/mol. The van der Waals surface area contributed by atoms with E-state index >= 15 is 0 Å². The van der Waals surface area contributed by atoms with Gasteiger partial charge < -0.3 is 0 Å². The molecule has 0 N–H and O–H groups in total. The van der Waals surface area contributed by atoms with Gasteiger partial charge in [0.05, 0.1) is 0 Å². The maximum atomic E-state index is 2.49. The van der Waals surface area contributed by atoms with Gasteiger partial charge in [0.1, 0.15) is 0 Å². The summed E-state index contributed by atoms with van der Waals surface area (Å²) in [6.45, 7) is 14.9. The predicted molar refractivity (Wildman–Crippen MR) is 87.7 cm³/mol. The van der Waals surface area contributed by atoms with Crippen molar-refractivity contribution in [3.05, 3.63) is 0 Å². The lowest BCUT2D eigenvalue weighted by molar-refractivity contribution is 0.152. The number of hydrogen-bond acceptors (Lipinski definition) is 0. The first-order valence-electron chi connectivity index (χ1n) is 9.12. The number of fused-ring (bicyclic) bond motifs is 4. The lowest BCUT2D eigenvalue weighted by Gasteiger charge is -2.34. The summed E-state index contributed by atoms with van der Waals surface area (Å²) in [6.07, 6.45) is 12.0. The Morgan fingerprint density at radius 1 is 0.500 bits per heavy atom. The van der Waals surface area contributed by atoms with Crippen molar-refractivity contribution in [2.75, 3.05) is 0 Å². The van der Waals surface area contributed by atoms with Crippen LogP contribution in [0.15, 0.2) is 0 Å². The SMILES string of the molecule is CC12CCC(CC1)C2(C)C.CC12CCC(CC1)C2(C)C. The van der Waals surface area contributed by atoms with Crippen molar-refractivity contribution in [3.8, 4) is 0 Å². The average molecular weight is 277 g/mol. The van der Waals surface area contributed by atoms with Crippen molar-refractivity contribution in [2.45, 2.75) is 92.9 Å². The number of hydrogen-bond donors (Lipinski definition) is 0. The quantitative estimate of drug-likeness (QED) is 0.477. The molecule has 0 aromatic rings. The Bertz CT molecular complexity index is 327. The molecule has 4 bridgehead atoms. The van der Waals surface area contributed by atoms with Gasteiger partial charge in [0, 0.05) is 0 Å². The van der Waals surface area contributed by atoms with Gasteiger partial charge in [-0.1, -0.05) is 41.5 Å². The molecule has 0 amide bonds. The Morgan fingerprint density at radius 2 is 0.750 bits per heavy atom. The van der Waals surface area contributed by atoms with Crippen molar-refractivity contribution < 1.29 is 0 Å². The second kappa shape index (κ2) is 4.26. The molecule has 0 heteroatoms. The molecule has 4 saturated carbocycles. The topological polar surface area (TPSA) is 0 Å². The van der Waals surface area contributed by atoms with Gasteiger partial charge in [0.25, 0.3) is 0 Å². The lowest BCUT2D eigenvalue weighted by Crippen LogP contribution is -2.26. The van der Waals surface area contributed by atoms with Crippen LogP contribution < -0.4 is 0 Å². The molecule has 4 fully saturated rings. The van der Waals surface area contributed by atoms with Crippen LogP contribution in [0.5, 0.6) is 0 Å². The van der Waals surface area contributed by atoms with E-state index in [1.807, 2.05) is 0 Å². The van der Waals surface area contributed by atoms with E-state index in [0.29, 0.717) is 21.7 Å². The summed E-state index contributed by atoms with van der Waals surface area (Å²) in [7, 11) is 0. The molecule has 20 heavy (non-hydrogen) atoms. The highest BCUT2D eigenvalue weighted by Gasteiger charge is 2.56.